The second kappa shape index (κ2) is 6.27. The van der Waals surface area contributed by atoms with Crippen molar-refractivity contribution in [3.05, 3.63) is 46.7 Å². The Hall–Kier alpha value is -2.25. The van der Waals surface area contributed by atoms with Gasteiger partial charge in [-0.25, -0.2) is 4.68 Å². The van der Waals surface area contributed by atoms with Crippen LogP contribution in [0.15, 0.2) is 30.5 Å². The summed E-state index contributed by atoms with van der Waals surface area (Å²) in [6, 6.07) is 6.42. The number of halogens is 1. The first kappa shape index (κ1) is 14.2. The normalized spacial score (nSPS) is 10.3. The predicted molar refractivity (Wildman–Crippen MR) is 69.9 cm³/mol. The molecule has 0 aliphatic heterocycles. The maximum absolute atomic E-state index is 11.8. The first-order valence-electron chi connectivity index (χ1n) is 5.68. The Kier molecular flexibility index (Phi) is 4.44. The molecule has 8 heteroatoms. The summed E-state index contributed by atoms with van der Waals surface area (Å²) in [5.74, 6) is -1.13. The molecule has 2 aromatic rings. The molecule has 104 valence electrons. The zero-order chi connectivity index (χ0) is 14.5. The van der Waals surface area contributed by atoms with E-state index in [1.165, 1.54) is 16.9 Å². The lowest BCUT2D eigenvalue weighted by Gasteiger charge is -2.05. The third kappa shape index (κ3) is 3.40. The Labute approximate surface area is 119 Å². The van der Waals surface area contributed by atoms with E-state index in [1.807, 2.05) is 0 Å². The van der Waals surface area contributed by atoms with E-state index in [1.54, 1.807) is 18.2 Å². The fraction of sp³-hybridized carbons (Fsp3) is 0.167. The van der Waals surface area contributed by atoms with Gasteiger partial charge in [-0.3, -0.25) is 14.9 Å². The van der Waals surface area contributed by atoms with Crippen LogP contribution in [-0.2, 0) is 17.9 Å². The first-order valence-corrected chi connectivity index (χ1v) is 6.06. The van der Waals surface area contributed by atoms with Crippen LogP contribution >= 0.6 is 11.6 Å². The maximum Gasteiger partial charge on any atom is 0.259 e. The summed E-state index contributed by atoms with van der Waals surface area (Å²) in [6.45, 7) is -0.441. The van der Waals surface area contributed by atoms with Gasteiger partial charge >= 0.3 is 0 Å². The van der Waals surface area contributed by atoms with Crippen molar-refractivity contribution in [1.82, 2.24) is 20.3 Å². The summed E-state index contributed by atoms with van der Waals surface area (Å²) < 4.78 is 1.22. The molecule has 0 saturated carbocycles. The Morgan fingerprint density at radius 2 is 2.10 bits per heavy atom. The molecule has 0 saturated heterocycles. The highest BCUT2D eigenvalue weighted by molar-refractivity contribution is 6.34. The molecule has 1 aromatic heterocycles. The van der Waals surface area contributed by atoms with E-state index in [4.69, 9.17) is 16.7 Å². The lowest BCUT2D eigenvalue weighted by Crippen LogP contribution is -2.33. The molecule has 0 fully saturated rings. The van der Waals surface area contributed by atoms with Gasteiger partial charge in [-0.15, -0.1) is 5.10 Å². The second-order valence-corrected chi connectivity index (χ2v) is 4.33. The average Bonchev–Trinajstić information content (AvgIpc) is 2.86. The number of carbonyl (C=O) groups excluding carboxylic acids is 2. The van der Waals surface area contributed by atoms with Gasteiger partial charge < -0.3 is 5.11 Å². The van der Waals surface area contributed by atoms with Crippen LogP contribution in [-0.4, -0.2) is 31.9 Å². The fourth-order valence-corrected chi connectivity index (χ4v) is 1.74. The van der Waals surface area contributed by atoms with E-state index in [0.29, 0.717) is 5.69 Å². The molecule has 2 rings (SSSR count). The highest BCUT2D eigenvalue weighted by Gasteiger charge is 2.14. The van der Waals surface area contributed by atoms with Crippen LogP contribution in [0.3, 0.4) is 0 Å². The highest BCUT2D eigenvalue weighted by atomic mass is 35.5. The topological polar surface area (TPSA) is 97.1 Å². The molecule has 1 aromatic carbocycles. The summed E-state index contributed by atoms with van der Waals surface area (Å²) in [5.41, 5.74) is 0.562. The van der Waals surface area contributed by atoms with Crippen molar-refractivity contribution in [3.8, 4) is 0 Å². The van der Waals surface area contributed by atoms with Crippen LogP contribution in [0.25, 0.3) is 0 Å². The number of aliphatic hydroxyl groups is 1. The van der Waals surface area contributed by atoms with Crippen molar-refractivity contribution in [1.29, 1.82) is 0 Å². The minimum absolute atomic E-state index is 0.177. The van der Waals surface area contributed by atoms with Gasteiger partial charge in [0.2, 0.25) is 5.91 Å². The summed E-state index contributed by atoms with van der Waals surface area (Å²) in [4.78, 5) is 23.5. The van der Waals surface area contributed by atoms with Gasteiger partial charge in [-0.1, -0.05) is 28.9 Å². The molecular weight excluding hydrogens is 284 g/mol. The summed E-state index contributed by atoms with van der Waals surface area (Å²) in [5, 5.41) is 18.5. The van der Waals surface area contributed by atoms with Gasteiger partial charge in [0.25, 0.3) is 5.91 Å². The Bertz CT molecular complexity index is 641. The number of hydrogen-bond donors (Lipinski definition) is 2. The van der Waals surface area contributed by atoms with E-state index in [2.05, 4.69) is 15.6 Å². The van der Waals surface area contributed by atoms with Gasteiger partial charge in [0.05, 0.1) is 23.4 Å². The number of amides is 2. The molecule has 0 radical (unpaired) electrons. The summed E-state index contributed by atoms with van der Waals surface area (Å²) >= 11 is 5.86. The molecule has 0 bridgehead atoms. The van der Waals surface area contributed by atoms with Gasteiger partial charge in [-0.05, 0) is 12.1 Å². The standard InChI is InChI=1S/C12H11ClN4O3/c13-10-4-2-1-3-9(10)12(20)14-11(19)6-17-5-8(7-18)15-16-17/h1-5,18H,6-7H2,(H,14,19,20). The highest BCUT2D eigenvalue weighted by Crippen LogP contribution is 2.14. The third-order valence-electron chi connectivity index (χ3n) is 2.43. The quantitative estimate of drug-likeness (QED) is 0.849. The monoisotopic (exact) mass is 294 g/mol. The molecule has 0 unspecified atom stereocenters. The molecule has 7 nitrogen and oxygen atoms in total. The van der Waals surface area contributed by atoms with Gasteiger partial charge in [0.1, 0.15) is 12.2 Å². The van der Waals surface area contributed by atoms with E-state index in [0.717, 1.165) is 0 Å². The number of carbonyl (C=O) groups is 2. The lowest BCUT2D eigenvalue weighted by molar-refractivity contribution is -0.120. The van der Waals surface area contributed by atoms with Crippen LogP contribution in [0.2, 0.25) is 5.02 Å². The SMILES string of the molecule is O=C(Cn1cc(CO)nn1)NC(=O)c1ccccc1Cl. The van der Waals surface area contributed by atoms with Crippen LogP contribution in [0, 0.1) is 0 Å². The maximum atomic E-state index is 11.8. The zero-order valence-corrected chi connectivity index (χ0v) is 11.0. The Morgan fingerprint density at radius 3 is 2.75 bits per heavy atom. The molecule has 2 amide bonds. The van der Waals surface area contributed by atoms with Crippen LogP contribution in [0.4, 0.5) is 0 Å². The van der Waals surface area contributed by atoms with Crippen molar-refractivity contribution in [2.75, 3.05) is 0 Å². The van der Waals surface area contributed by atoms with Crippen LogP contribution in [0.5, 0.6) is 0 Å². The smallest absolute Gasteiger partial charge is 0.259 e. The number of imide groups is 1. The Balaban J connectivity index is 1.98. The van der Waals surface area contributed by atoms with Gasteiger partial charge in [0.15, 0.2) is 0 Å². The fourth-order valence-electron chi connectivity index (χ4n) is 1.51. The molecule has 1 heterocycles. The number of benzene rings is 1. The molecule has 0 atom stereocenters. The molecule has 0 aliphatic rings. The lowest BCUT2D eigenvalue weighted by atomic mass is 10.2. The van der Waals surface area contributed by atoms with Crippen molar-refractivity contribution >= 4 is 23.4 Å². The zero-order valence-electron chi connectivity index (χ0n) is 10.3. The largest absolute Gasteiger partial charge is 0.390 e. The first-order chi connectivity index (χ1) is 9.60. The summed E-state index contributed by atoms with van der Waals surface area (Å²) in [6.07, 6.45) is 1.42. The molecule has 2 N–H and O–H groups in total. The summed E-state index contributed by atoms with van der Waals surface area (Å²) in [7, 11) is 0. The molecule has 20 heavy (non-hydrogen) atoms. The minimum atomic E-state index is -0.580. The minimum Gasteiger partial charge on any atom is -0.390 e. The number of aliphatic hydroxyl groups excluding tert-OH is 1. The molecule has 0 aliphatic carbocycles. The van der Waals surface area contributed by atoms with Crippen molar-refractivity contribution < 1.29 is 14.7 Å². The number of rotatable bonds is 4. The van der Waals surface area contributed by atoms with E-state index < -0.39 is 11.8 Å². The van der Waals surface area contributed by atoms with Crippen molar-refractivity contribution in [2.45, 2.75) is 13.2 Å². The third-order valence-corrected chi connectivity index (χ3v) is 2.75. The molecule has 0 spiro atoms. The van der Waals surface area contributed by atoms with Crippen LogP contribution < -0.4 is 5.32 Å². The van der Waals surface area contributed by atoms with E-state index in [-0.39, 0.29) is 23.7 Å². The van der Waals surface area contributed by atoms with Crippen LogP contribution in [0.1, 0.15) is 16.1 Å². The molecular formula is C12H11ClN4O3. The predicted octanol–water partition coefficient (Wildman–Crippen LogP) is 0.380. The number of nitrogens with one attached hydrogen (secondary N) is 1. The Morgan fingerprint density at radius 1 is 1.35 bits per heavy atom. The van der Waals surface area contributed by atoms with E-state index in [9.17, 15) is 9.59 Å². The van der Waals surface area contributed by atoms with E-state index >= 15 is 0 Å². The average molecular weight is 295 g/mol. The second-order valence-electron chi connectivity index (χ2n) is 3.92. The van der Waals surface area contributed by atoms with Gasteiger partial charge in [-0.2, -0.15) is 0 Å². The van der Waals surface area contributed by atoms with Crippen molar-refractivity contribution in [3.63, 3.8) is 0 Å². The number of nitrogens with zero attached hydrogens (tertiary/aromatic N) is 3. The number of hydrogen-bond acceptors (Lipinski definition) is 5. The van der Waals surface area contributed by atoms with Crippen molar-refractivity contribution in [2.24, 2.45) is 0 Å². The van der Waals surface area contributed by atoms with Gasteiger partial charge in [0, 0.05) is 0 Å². The number of aromatic nitrogens is 3.